The van der Waals surface area contributed by atoms with E-state index in [1.807, 2.05) is 18.2 Å². The molecule has 1 aromatic carbocycles. The molecule has 4 heteroatoms. The lowest BCUT2D eigenvalue weighted by molar-refractivity contribution is -0.143. The first-order chi connectivity index (χ1) is 14.1. The van der Waals surface area contributed by atoms with Gasteiger partial charge in [0.05, 0.1) is 5.57 Å². The van der Waals surface area contributed by atoms with Crippen LogP contribution in [0.15, 0.2) is 30.3 Å². The van der Waals surface area contributed by atoms with Crippen LogP contribution in [0.5, 0.6) is 5.75 Å². The second-order valence-corrected chi connectivity index (χ2v) is 7.89. The fourth-order valence-electron chi connectivity index (χ4n) is 3.56. The van der Waals surface area contributed by atoms with E-state index in [4.69, 9.17) is 9.47 Å². The van der Waals surface area contributed by atoms with Gasteiger partial charge in [0.1, 0.15) is 11.9 Å². The van der Waals surface area contributed by atoms with Crippen molar-refractivity contribution in [2.45, 2.75) is 97.0 Å². The van der Waals surface area contributed by atoms with Crippen molar-refractivity contribution >= 4 is 17.5 Å². The zero-order valence-electron chi connectivity index (χ0n) is 18.1. The lowest BCUT2D eigenvalue weighted by Crippen LogP contribution is -2.23. The van der Waals surface area contributed by atoms with Gasteiger partial charge in [0.25, 0.3) is 0 Å². The van der Waals surface area contributed by atoms with Crippen LogP contribution in [-0.2, 0) is 14.3 Å². The van der Waals surface area contributed by atoms with Crippen LogP contribution >= 0.6 is 0 Å². The first-order valence-corrected chi connectivity index (χ1v) is 11.4. The summed E-state index contributed by atoms with van der Waals surface area (Å²) in [7, 11) is 0. The number of rotatable bonds is 13. The molecular formula is C25H36O4. The number of ether oxygens (including phenoxy) is 2. The van der Waals surface area contributed by atoms with E-state index in [-0.39, 0.29) is 18.0 Å². The molecule has 160 valence electrons. The van der Waals surface area contributed by atoms with Gasteiger partial charge < -0.3 is 9.47 Å². The quantitative estimate of drug-likeness (QED) is 0.212. The Morgan fingerprint density at radius 2 is 1.62 bits per heavy atom. The van der Waals surface area contributed by atoms with Crippen molar-refractivity contribution in [3.05, 3.63) is 35.9 Å². The number of unbranched alkanes of at least 4 members (excludes halogenated alkanes) is 7. The maximum Gasteiger partial charge on any atom is 0.338 e. The van der Waals surface area contributed by atoms with Gasteiger partial charge in [-0.2, -0.15) is 0 Å². The number of carbonyl (C=O) groups is 2. The van der Waals surface area contributed by atoms with Gasteiger partial charge in [0, 0.05) is 12.8 Å². The SMILES string of the molecule is CCCCCCCC(=O)Oc1ccc(C2=CC[C@@H](CCCCCC)OC2=O)cc1. The van der Waals surface area contributed by atoms with Gasteiger partial charge in [0.2, 0.25) is 0 Å². The van der Waals surface area contributed by atoms with E-state index in [0.717, 1.165) is 37.7 Å². The largest absolute Gasteiger partial charge is 0.458 e. The minimum Gasteiger partial charge on any atom is -0.458 e. The summed E-state index contributed by atoms with van der Waals surface area (Å²) in [4.78, 5) is 24.3. The number of benzene rings is 1. The van der Waals surface area contributed by atoms with Gasteiger partial charge in [-0.25, -0.2) is 4.79 Å². The van der Waals surface area contributed by atoms with Crippen LogP contribution in [0.4, 0.5) is 0 Å². The Kier molecular flexibility index (Phi) is 10.5. The third-order valence-corrected chi connectivity index (χ3v) is 5.34. The topological polar surface area (TPSA) is 52.6 Å². The lowest BCUT2D eigenvalue weighted by atomic mass is 9.98. The molecule has 0 amide bonds. The number of carbonyl (C=O) groups excluding carboxylic acids is 2. The van der Waals surface area contributed by atoms with Crippen LogP contribution in [0.25, 0.3) is 5.57 Å². The Morgan fingerprint density at radius 3 is 2.28 bits per heavy atom. The summed E-state index contributed by atoms with van der Waals surface area (Å²) in [5.74, 6) is 0.0657. The second-order valence-electron chi connectivity index (χ2n) is 7.89. The molecule has 1 aliphatic rings. The number of cyclic esters (lactones) is 1. The molecular weight excluding hydrogens is 364 g/mol. The van der Waals surface area contributed by atoms with E-state index < -0.39 is 0 Å². The molecule has 0 fully saturated rings. The third-order valence-electron chi connectivity index (χ3n) is 5.34. The van der Waals surface area contributed by atoms with E-state index in [0.29, 0.717) is 17.7 Å². The van der Waals surface area contributed by atoms with E-state index in [2.05, 4.69) is 13.8 Å². The summed E-state index contributed by atoms with van der Waals surface area (Å²) in [5.41, 5.74) is 1.41. The summed E-state index contributed by atoms with van der Waals surface area (Å²) < 4.78 is 11.0. The molecule has 0 radical (unpaired) electrons. The molecule has 0 spiro atoms. The fourth-order valence-corrected chi connectivity index (χ4v) is 3.56. The monoisotopic (exact) mass is 400 g/mol. The fraction of sp³-hybridized carbons (Fsp3) is 0.600. The predicted octanol–water partition coefficient (Wildman–Crippen LogP) is 6.62. The number of hydrogen-bond acceptors (Lipinski definition) is 4. The molecule has 2 rings (SSSR count). The summed E-state index contributed by atoms with van der Waals surface area (Å²) in [5, 5.41) is 0. The molecule has 0 saturated heterocycles. The highest BCUT2D eigenvalue weighted by Crippen LogP contribution is 2.27. The predicted molar refractivity (Wildman–Crippen MR) is 117 cm³/mol. The Hall–Kier alpha value is -2.10. The average molecular weight is 401 g/mol. The van der Waals surface area contributed by atoms with Crippen LogP contribution in [0, 0.1) is 0 Å². The normalized spacial score (nSPS) is 16.3. The highest BCUT2D eigenvalue weighted by Gasteiger charge is 2.23. The van der Waals surface area contributed by atoms with Crippen LogP contribution in [0.1, 0.15) is 96.5 Å². The smallest absolute Gasteiger partial charge is 0.338 e. The van der Waals surface area contributed by atoms with Gasteiger partial charge in [0.15, 0.2) is 0 Å². The van der Waals surface area contributed by atoms with Crippen LogP contribution in [0.2, 0.25) is 0 Å². The summed E-state index contributed by atoms with van der Waals surface area (Å²) >= 11 is 0. The average Bonchev–Trinajstić information content (AvgIpc) is 2.72. The molecule has 1 heterocycles. The molecule has 0 aromatic heterocycles. The van der Waals surface area contributed by atoms with Gasteiger partial charge in [-0.15, -0.1) is 0 Å². The van der Waals surface area contributed by atoms with Crippen molar-refractivity contribution in [1.82, 2.24) is 0 Å². The molecule has 1 aromatic rings. The van der Waals surface area contributed by atoms with Crippen molar-refractivity contribution < 1.29 is 19.1 Å². The van der Waals surface area contributed by atoms with Crippen molar-refractivity contribution in [3.8, 4) is 5.75 Å². The molecule has 0 N–H and O–H groups in total. The van der Waals surface area contributed by atoms with E-state index in [1.54, 1.807) is 12.1 Å². The van der Waals surface area contributed by atoms with Gasteiger partial charge in [-0.1, -0.05) is 77.0 Å². The highest BCUT2D eigenvalue weighted by molar-refractivity contribution is 6.17. The summed E-state index contributed by atoms with van der Waals surface area (Å²) in [6.07, 6.45) is 14.4. The minimum atomic E-state index is -0.256. The molecule has 0 saturated carbocycles. The molecule has 0 aliphatic carbocycles. The van der Waals surface area contributed by atoms with Gasteiger partial charge in [-0.05, 0) is 37.0 Å². The molecule has 0 bridgehead atoms. The van der Waals surface area contributed by atoms with Crippen molar-refractivity contribution in [2.24, 2.45) is 0 Å². The third kappa shape index (κ3) is 8.43. The zero-order chi connectivity index (χ0) is 20.9. The molecule has 1 atom stereocenters. The Labute approximate surface area is 175 Å². The van der Waals surface area contributed by atoms with Crippen molar-refractivity contribution in [2.75, 3.05) is 0 Å². The summed E-state index contributed by atoms with van der Waals surface area (Å²) in [6.45, 7) is 4.37. The molecule has 1 aliphatic heterocycles. The van der Waals surface area contributed by atoms with Crippen molar-refractivity contribution in [1.29, 1.82) is 0 Å². The first kappa shape index (κ1) is 23.2. The van der Waals surface area contributed by atoms with Crippen LogP contribution < -0.4 is 4.74 Å². The Morgan fingerprint density at radius 1 is 0.966 bits per heavy atom. The maximum atomic E-state index is 12.4. The van der Waals surface area contributed by atoms with E-state index >= 15 is 0 Å². The summed E-state index contributed by atoms with van der Waals surface area (Å²) in [6, 6.07) is 7.13. The minimum absolute atomic E-state index is 0.000612. The van der Waals surface area contributed by atoms with Gasteiger partial charge in [-0.3, -0.25) is 4.79 Å². The Bertz CT molecular complexity index is 660. The first-order valence-electron chi connectivity index (χ1n) is 11.4. The standard InChI is InChI=1S/C25H36O4/c1-3-5-7-9-11-13-24(26)28-22-16-14-20(15-17-22)23-19-18-21(29-25(23)27)12-10-8-6-4-2/h14-17,19,21H,3-13,18H2,1-2H3/t21-/m1/s1. The Balaban J connectivity index is 1.79. The lowest BCUT2D eigenvalue weighted by Gasteiger charge is -2.22. The molecule has 4 nitrogen and oxygen atoms in total. The molecule has 29 heavy (non-hydrogen) atoms. The van der Waals surface area contributed by atoms with Crippen molar-refractivity contribution in [3.63, 3.8) is 0 Å². The van der Waals surface area contributed by atoms with E-state index in [9.17, 15) is 9.59 Å². The van der Waals surface area contributed by atoms with Crippen LogP contribution in [-0.4, -0.2) is 18.0 Å². The van der Waals surface area contributed by atoms with Gasteiger partial charge >= 0.3 is 11.9 Å². The molecule has 0 unspecified atom stereocenters. The number of hydrogen-bond donors (Lipinski definition) is 0. The van der Waals surface area contributed by atoms with E-state index in [1.165, 1.54) is 38.5 Å². The zero-order valence-corrected chi connectivity index (χ0v) is 18.1. The second kappa shape index (κ2) is 13.2. The number of esters is 2. The van der Waals surface area contributed by atoms with Crippen LogP contribution in [0.3, 0.4) is 0 Å². The maximum absolute atomic E-state index is 12.4. The highest BCUT2D eigenvalue weighted by atomic mass is 16.5.